The number of rotatable bonds is 3. The van der Waals surface area contributed by atoms with Crippen LogP contribution in [0.5, 0.6) is 0 Å². The van der Waals surface area contributed by atoms with Crippen LogP contribution in [0.2, 0.25) is 0 Å². The lowest BCUT2D eigenvalue weighted by Gasteiger charge is -2.17. The highest BCUT2D eigenvalue weighted by Gasteiger charge is 2.18. The van der Waals surface area contributed by atoms with E-state index in [0.29, 0.717) is 11.3 Å². The minimum Gasteiger partial charge on any atom is -0.465 e. The molecule has 2 rings (SSSR count). The molecule has 1 aromatic carbocycles. The topological polar surface area (TPSA) is 55.4 Å². The molecule has 4 nitrogen and oxygen atoms in total. The fraction of sp³-hybridized carbons (Fsp3) is 0.333. The first kappa shape index (κ1) is 13.3. The number of methoxy groups -OCH3 is 1. The van der Waals surface area contributed by atoms with Gasteiger partial charge in [-0.1, -0.05) is 18.2 Å². The average molecular weight is 259 g/mol. The Morgan fingerprint density at radius 1 is 1.32 bits per heavy atom. The fourth-order valence-electron chi connectivity index (χ4n) is 2.12. The molecule has 0 unspecified atom stereocenters. The van der Waals surface area contributed by atoms with E-state index in [2.05, 4.69) is 16.1 Å². The summed E-state index contributed by atoms with van der Waals surface area (Å²) >= 11 is 0. The Bertz CT molecular complexity index is 508. The molecular formula is C15H17NO3. The van der Waals surface area contributed by atoms with Gasteiger partial charge in [0.1, 0.15) is 0 Å². The van der Waals surface area contributed by atoms with Gasteiger partial charge in [0.05, 0.1) is 12.7 Å². The van der Waals surface area contributed by atoms with E-state index in [1.54, 1.807) is 24.3 Å². The number of esters is 1. The summed E-state index contributed by atoms with van der Waals surface area (Å²) in [5, 5.41) is 2.85. The molecule has 0 bridgehead atoms. The molecule has 4 heteroatoms. The van der Waals surface area contributed by atoms with E-state index >= 15 is 0 Å². The normalized spacial score (nSPS) is 17.8. The van der Waals surface area contributed by atoms with Gasteiger partial charge in [-0.3, -0.25) is 4.79 Å². The Labute approximate surface area is 112 Å². The van der Waals surface area contributed by atoms with Gasteiger partial charge >= 0.3 is 5.97 Å². The third-order valence-electron chi connectivity index (χ3n) is 3.19. The number of hydrogen-bond donors (Lipinski definition) is 1. The smallest absolute Gasteiger partial charge is 0.337 e. The number of hydrogen-bond acceptors (Lipinski definition) is 3. The van der Waals surface area contributed by atoms with Crippen LogP contribution < -0.4 is 5.32 Å². The molecule has 0 fully saturated rings. The van der Waals surface area contributed by atoms with Crippen LogP contribution in [-0.4, -0.2) is 19.0 Å². The number of anilines is 1. The number of carbonyl (C=O) groups is 2. The number of amides is 1. The van der Waals surface area contributed by atoms with Crippen LogP contribution in [-0.2, 0) is 9.53 Å². The van der Waals surface area contributed by atoms with Crippen LogP contribution >= 0.6 is 0 Å². The molecule has 1 aromatic rings. The molecule has 1 N–H and O–H groups in total. The predicted molar refractivity (Wildman–Crippen MR) is 72.9 cm³/mol. The molecule has 0 spiro atoms. The molecular weight excluding hydrogens is 242 g/mol. The molecule has 0 aliphatic heterocycles. The second-order valence-corrected chi connectivity index (χ2v) is 4.54. The number of nitrogens with one attached hydrogen (secondary N) is 1. The van der Waals surface area contributed by atoms with Gasteiger partial charge < -0.3 is 10.1 Å². The van der Waals surface area contributed by atoms with Crippen molar-refractivity contribution in [3.63, 3.8) is 0 Å². The minimum absolute atomic E-state index is 0.00589. The molecule has 0 radical (unpaired) electrons. The summed E-state index contributed by atoms with van der Waals surface area (Å²) in [7, 11) is 1.34. The van der Waals surface area contributed by atoms with Crippen LogP contribution in [0.4, 0.5) is 5.69 Å². The van der Waals surface area contributed by atoms with Crippen LogP contribution in [0.25, 0.3) is 0 Å². The Balaban J connectivity index is 2.04. The molecule has 100 valence electrons. The summed E-state index contributed by atoms with van der Waals surface area (Å²) < 4.78 is 4.65. The van der Waals surface area contributed by atoms with E-state index in [9.17, 15) is 9.59 Å². The van der Waals surface area contributed by atoms with Gasteiger partial charge in [0, 0.05) is 11.6 Å². The number of allylic oxidation sites excluding steroid dienone is 2. The minimum atomic E-state index is -0.406. The maximum Gasteiger partial charge on any atom is 0.337 e. The lowest BCUT2D eigenvalue weighted by atomic mass is 9.93. The van der Waals surface area contributed by atoms with Crippen molar-refractivity contribution in [1.82, 2.24) is 0 Å². The van der Waals surface area contributed by atoms with Gasteiger partial charge in [0.15, 0.2) is 0 Å². The maximum atomic E-state index is 12.1. The van der Waals surface area contributed by atoms with Crippen molar-refractivity contribution in [3.05, 3.63) is 42.0 Å². The van der Waals surface area contributed by atoms with Gasteiger partial charge in [0.25, 0.3) is 0 Å². The summed E-state index contributed by atoms with van der Waals surface area (Å²) in [5.74, 6) is -0.380. The van der Waals surface area contributed by atoms with Crippen LogP contribution in [0.3, 0.4) is 0 Å². The summed E-state index contributed by atoms with van der Waals surface area (Å²) in [6, 6.07) is 6.78. The van der Waals surface area contributed by atoms with E-state index in [1.807, 2.05) is 6.08 Å². The van der Waals surface area contributed by atoms with E-state index in [0.717, 1.165) is 19.3 Å². The summed E-state index contributed by atoms with van der Waals surface area (Å²) in [4.78, 5) is 23.5. The molecule has 1 amide bonds. The quantitative estimate of drug-likeness (QED) is 0.670. The Morgan fingerprint density at radius 2 is 2.16 bits per heavy atom. The molecule has 1 atom stereocenters. The Kier molecular flexibility index (Phi) is 4.34. The van der Waals surface area contributed by atoms with E-state index in [-0.39, 0.29) is 11.8 Å². The molecule has 1 aliphatic rings. The third kappa shape index (κ3) is 3.44. The molecule has 0 saturated heterocycles. The second kappa shape index (κ2) is 6.18. The zero-order valence-electron chi connectivity index (χ0n) is 10.9. The van der Waals surface area contributed by atoms with Gasteiger partial charge in [-0.25, -0.2) is 4.79 Å². The monoisotopic (exact) mass is 259 g/mol. The Morgan fingerprint density at radius 3 is 2.84 bits per heavy atom. The number of benzene rings is 1. The zero-order chi connectivity index (χ0) is 13.7. The number of ether oxygens (including phenoxy) is 1. The molecule has 1 aliphatic carbocycles. The lowest BCUT2D eigenvalue weighted by Crippen LogP contribution is -2.23. The summed E-state index contributed by atoms with van der Waals surface area (Å²) in [5.41, 5.74) is 1.06. The van der Waals surface area contributed by atoms with Crippen molar-refractivity contribution in [3.8, 4) is 0 Å². The van der Waals surface area contributed by atoms with Crippen molar-refractivity contribution in [2.45, 2.75) is 19.3 Å². The standard InChI is InChI=1S/C15H17NO3/c1-19-15(18)12-8-5-9-13(10-12)16-14(17)11-6-3-2-4-7-11/h2-3,5,8-11H,4,6-7H2,1H3,(H,16,17)/t11-/m1/s1. The lowest BCUT2D eigenvalue weighted by molar-refractivity contribution is -0.120. The largest absolute Gasteiger partial charge is 0.465 e. The third-order valence-corrected chi connectivity index (χ3v) is 3.19. The van der Waals surface area contributed by atoms with Crippen LogP contribution in [0, 0.1) is 5.92 Å². The van der Waals surface area contributed by atoms with Crippen molar-refractivity contribution < 1.29 is 14.3 Å². The first-order valence-corrected chi connectivity index (χ1v) is 6.35. The molecule has 0 heterocycles. The average Bonchev–Trinajstić information content (AvgIpc) is 2.47. The predicted octanol–water partition coefficient (Wildman–Crippen LogP) is 2.77. The second-order valence-electron chi connectivity index (χ2n) is 4.54. The van der Waals surface area contributed by atoms with Gasteiger partial charge in [-0.05, 0) is 37.5 Å². The molecule has 0 saturated carbocycles. The molecule has 0 aromatic heterocycles. The number of carbonyl (C=O) groups excluding carboxylic acids is 2. The van der Waals surface area contributed by atoms with Crippen LogP contribution in [0.1, 0.15) is 29.6 Å². The van der Waals surface area contributed by atoms with E-state index in [4.69, 9.17) is 0 Å². The van der Waals surface area contributed by atoms with Crippen molar-refractivity contribution >= 4 is 17.6 Å². The highest BCUT2D eigenvalue weighted by atomic mass is 16.5. The van der Waals surface area contributed by atoms with E-state index in [1.165, 1.54) is 7.11 Å². The first-order chi connectivity index (χ1) is 9.20. The maximum absolute atomic E-state index is 12.1. The first-order valence-electron chi connectivity index (χ1n) is 6.35. The van der Waals surface area contributed by atoms with Crippen molar-refractivity contribution in [1.29, 1.82) is 0 Å². The van der Waals surface area contributed by atoms with Crippen LogP contribution in [0.15, 0.2) is 36.4 Å². The summed E-state index contributed by atoms with van der Waals surface area (Å²) in [6.07, 6.45) is 6.74. The van der Waals surface area contributed by atoms with Crippen molar-refractivity contribution in [2.75, 3.05) is 12.4 Å². The van der Waals surface area contributed by atoms with Crippen molar-refractivity contribution in [2.24, 2.45) is 5.92 Å². The SMILES string of the molecule is COC(=O)c1cccc(NC(=O)[C@@H]2CC=CCC2)c1. The van der Waals surface area contributed by atoms with Gasteiger partial charge in [-0.15, -0.1) is 0 Å². The fourth-order valence-corrected chi connectivity index (χ4v) is 2.12. The Hall–Kier alpha value is -2.10. The zero-order valence-corrected chi connectivity index (χ0v) is 10.9. The molecule has 19 heavy (non-hydrogen) atoms. The summed E-state index contributed by atoms with van der Waals surface area (Å²) in [6.45, 7) is 0. The van der Waals surface area contributed by atoms with Gasteiger partial charge in [0.2, 0.25) is 5.91 Å². The van der Waals surface area contributed by atoms with Gasteiger partial charge in [-0.2, -0.15) is 0 Å². The highest BCUT2D eigenvalue weighted by Crippen LogP contribution is 2.20. The van der Waals surface area contributed by atoms with E-state index < -0.39 is 5.97 Å². The highest BCUT2D eigenvalue weighted by molar-refractivity contribution is 5.95.